The monoisotopic (exact) mass is 286 g/mol. The van der Waals surface area contributed by atoms with Crippen LogP contribution in [0.1, 0.15) is 17.4 Å². The topological polar surface area (TPSA) is 47.3 Å². The summed E-state index contributed by atoms with van der Waals surface area (Å²) in [6, 6.07) is 3.37. The number of likely N-dealkylation sites (N-methyl/N-ethyl adjacent to an activating group) is 1. The number of ether oxygens (including phenoxy) is 1. The van der Waals surface area contributed by atoms with Crippen LogP contribution in [0, 0.1) is 0 Å². The summed E-state index contributed by atoms with van der Waals surface area (Å²) in [5.74, 6) is 0.331. The van der Waals surface area contributed by atoms with Gasteiger partial charge in [-0.15, -0.1) is 0 Å². The largest absolute Gasteiger partial charge is 0.440 e. The normalized spacial score (nSPS) is 23.6. The zero-order valence-electron chi connectivity index (χ0n) is 10.7. The lowest BCUT2D eigenvalue weighted by molar-refractivity contribution is -0.137. The second-order valence-electron chi connectivity index (χ2n) is 4.77. The van der Waals surface area contributed by atoms with Crippen molar-refractivity contribution >= 4 is 11.1 Å². The average molecular weight is 286 g/mol. The molecule has 0 amide bonds. The van der Waals surface area contributed by atoms with Gasteiger partial charge in [-0.05, 0) is 25.2 Å². The van der Waals surface area contributed by atoms with E-state index in [4.69, 9.17) is 9.15 Å². The van der Waals surface area contributed by atoms with Gasteiger partial charge in [0.2, 0.25) is 5.89 Å². The maximum absolute atomic E-state index is 12.7. The fourth-order valence-corrected chi connectivity index (χ4v) is 2.36. The van der Waals surface area contributed by atoms with Gasteiger partial charge < -0.3 is 14.5 Å². The molecule has 2 heterocycles. The van der Waals surface area contributed by atoms with Crippen LogP contribution in [0.5, 0.6) is 0 Å². The van der Waals surface area contributed by atoms with Gasteiger partial charge in [0.1, 0.15) is 5.52 Å². The molecule has 108 valence electrons. The van der Waals surface area contributed by atoms with E-state index >= 15 is 0 Å². The highest BCUT2D eigenvalue weighted by atomic mass is 19.4. The second-order valence-corrected chi connectivity index (χ2v) is 4.77. The number of halogens is 3. The Kier molecular flexibility index (Phi) is 3.18. The van der Waals surface area contributed by atoms with Gasteiger partial charge in [-0.25, -0.2) is 4.98 Å². The fourth-order valence-electron chi connectivity index (χ4n) is 2.36. The smallest absolute Gasteiger partial charge is 0.416 e. The molecule has 0 saturated carbocycles. The van der Waals surface area contributed by atoms with Crippen LogP contribution in [0.25, 0.3) is 11.1 Å². The molecule has 1 N–H and O–H groups in total. The quantitative estimate of drug-likeness (QED) is 0.921. The minimum atomic E-state index is -4.38. The number of benzene rings is 1. The Labute approximate surface area is 112 Å². The molecule has 2 unspecified atom stereocenters. The highest BCUT2D eigenvalue weighted by molar-refractivity contribution is 5.73. The van der Waals surface area contributed by atoms with Crippen molar-refractivity contribution in [2.45, 2.75) is 18.1 Å². The van der Waals surface area contributed by atoms with Crippen molar-refractivity contribution in [2.24, 2.45) is 0 Å². The number of hydrogen-bond donors (Lipinski definition) is 1. The summed E-state index contributed by atoms with van der Waals surface area (Å²) < 4.78 is 48.9. The van der Waals surface area contributed by atoms with E-state index in [9.17, 15) is 13.2 Å². The summed E-state index contributed by atoms with van der Waals surface area (Å²) in [7, 11) is 1.80. The molecule has 0 aliphatic carbocycles. The number of aromatic nitrogens is 1. The predicted octanol–water partition coefficient (Wildman–Crippen LogP) is 2.55. The maximum atomic E-state index is 12.7. The third-order valence-corrected chi connectivity index (χ3v) is 3.50. The Morgan fingerprint density at radius 3 is 2.80 bits per heavy atom. The Balaban J connectivity index is 1.98. The number of hydrogen-bond acceptors (Lipinski definition) is 4. The van der Waals surface area contributed by atoms with Gasteiger partial charge in [0.05, 0.1) is 24.7 Å². The third-order valence-electron chi connectivity index (χ3n) is 3.50. The van der Waals surface area contributed by atoms with E-state index in [2.05, 4.69) is 10.3 Å². The van der Waals surface area contributed by atoms with Crippen molar-refractivity contribution in [1.82, 2.24) is 10.3 Å². The molecule has 0 radical (unpaired) electrons. The Morgan fingerprint density at radius 1 is 1.30 bits per heavy atom. The van der Waals surface area contributed by atoms with E-state index in [1.165, 1.54) is 6.07 Å². The van der Waals surface area contributed by atoms with Crippen molar-refractivity contribution in [3.63, 3.8) is 0 Å². The molecule has 1 aromatic carbocycles. The second kappa shape index (κ2) is 4.75. The molecule has 2 aromatic rings. The molecule has 1 fully saturated rings. The molecular weight excluding hydrogens is 273 g/mol. The molecule has 1 aliphatic rings. The van der Waals surface area contributed by atoms with Crippen LogP contribution >= 0.6 is 0 Å². The maximum Gasteiger partial charge on any atom is 0.416 e. The van der Waals surface area contributed by atoms with E-state index in [1.54, 1.807) is 7.05 Å². The summed E-state index contributed by atoms with van der Waals surface area (Å²) in [6.07, 6.45) is -4.38. The van der Waals surface area contributed by atoms with Crippen molar-refractivity contribution < 1.29 is 22.3 Å². The highest BCUT2D eigenvalue weighted by Gasteiger charge is 2.34. The first-order chi connectivity index (χ1) is 9.49. The van der Waals surface area contributed by atoms with E-state index in [0.29, 0.717) is 24.7 Å². The van der Waals surface area contributed by atoms with Crippen LogP contribution in [0.2, 0.25) is 0 Å². The van der Waals surface area contributed by atoms with Gasteiger partial charge >= 0.3 is 6.18 Å². The molecule has 2 atom stereocenters. The van der Waals surface area contributed by atoms with Crippen LogP contribution in [0.3, 0.4) is 0 Å². The highest BCUT2D eigenvalue weighted by Crippen LogP contribution is 2.33. The lowest BCUT2D eigenvalue weighted by Crippen LogP contribution is -2.31. The van der Waals surface area contributed by atoms with Gasteiger partial charge in [0.25, 0.3) is 0 Å². The van der Waals surface area contributed by atoms with Gasteiger partial charge in [-0.3, -0.25) is 0 Å². The average Bonchev–Trinajstić information content (AvgIpc) is 3.02. The number of fused-ring (bicyclic) bond motifs is 1. The summed E-state index contributed by atoms with van der Waals surface area (Å²) in [6.45, 7) is 0.984. The van der Waals surface area contributed by atoms with Gasteiger partial charge in [0.15, 0.2) is 5.58 Å². The first-order valence-electron chi connectivity index (χ1n) is 6.21. The SMILES string of the molecule is CNC1COCC1c1nc2cc(C(F)(F)F)ccc2o1. The number of nitrogens with one attached hydrogen (secondary N) is 1. The van der Waals surface area contributed by atoms with Gasteiger partial charge in [0, 0.05) is 6.04 Å². The van der Waals surface area contributed by atoms with Gasteiger partial charge in [-0.2, -0.15) is 13.2 Å². The summed E-state index contributed by atoms with van der Waals surface area (Å²) in [4.78, 5) is 4.18. The minimum absolute atomic E-state index is 0.0603. The van der Waals surface area contributed by atoms with Crippen molar-refractivity contribution in [3.8, 4) is 0 Å². The summed E-state index contributed by atoms with van der Waals surface area (Å²) in [5, 5.41) is 3.09. The van der Waals surface area contributed by atoms with Crippen LogP contribution in [-0.4, -0.2) is 31.3 Å². The number of alkyl halides is 3. The van der Waals surface area contributed by atoms with E-state index < -0.39 is 11.7 Å². The van der Waals surface area contributed by atoms with Crippen molar-refractivity contribution in [1.29, 1.82) is 0 Å². The lowest BCUT2D eigenvalue weighted by atomic mass is 10.0. The van der Waals surface area contributed by atoms with Crippen LogP contribution in [0.15, 0.2) is 22.6 Å². The Bertz CT molecular complexity index is 624. The molecule has 3 rings (SSSR count). The van der Waals surface area contributed by atoms with Gasteiger partial charge in [-0.1, -0.05) is 0 Å². The van der Waals surface area contributed by atoms with Crippen molar-refractivity contribution in [2.75, 3.05) is 20.3 Å². The number of nitrogens with zero attached hydrogens (tertiary/aromatic N) is 1. The molecule has 1 aromatic heterocycles. The predicted molar refractivity (Wildman–Crippen MR) is 65.4 cm³/mol. The zero-order chi connectivity index (χ0) is 14.3. The number of rotatable bonds is 2. The minimum Gasteiger partial charge on any atom is -0.440 e. The first kappa shape index (κ1) is 13.4. The lowest BCUT2D eigenvalue weighted by Gasteiger charge is -2.12. The van der Waals surface area contributed by atoms with Crippen LogP contribution < -0.4 is 5.32 Å². The molecule has 7 heteroatoms. The molecular formula is C13H13F3N2O2. The van der Waals surface area contributed by atoms with E-state index in [1.807, 2.05) is 0 Å². The molecule has 20 heavy (non-hydrogen) atoms. The Hall–Kier alpha value is -1.60. The standard InChI is InChI=1S/C13H13F3N2O2/c1-17-10-6-19-5-8(10)12-18-9-4-7(13(14,15)16)2-3-11(9)20-12/h2-4,8,10,17H,5-6H2,1H3. The zero-order valence-corrected chi connectivity index (χ0v) is 10.7. The summed E-state index contributed by atoms with van der Waals surface area (Å²) in [5.41, 5.74) is -0.149. The summed E-state index contributed by atoms with van der Waals surface area (Å²) >= 11 is 0. The third kappa shape index (κ3) is 2.27. The molecule has 0 bridgehead atoms. The molecule has 1 aliphatic heterocycles. The van der Waals surface area contributed by atoms with Crippen LogP contribution in [0.4, 0.5) is 13.2 Å². The van der Waals surface area contributed by atoms with Crippen LogP contribution in [-0.2, 0) is 10.9 Å². The molecule has 0 spiro atoms. The Morgan fingerprint density at radius 2 is 2.10 bits per heavy atom. The molecule has 4 nitrogen and oxygen atoms in total. The van der Waals surface area contributed by atoms with E-state index in [0.717, 1.165) is 12.1 Å². The fraction of sp³-hybridized carbons (Fsp3) is 0.462. The first-order valence-corrected chi connectivity index (χ1v) is 6.21. The van der Waals surface area contributed by atoms with Crippen molar-refractivity contribution in [3.05, 3.63) is 29.7 Å². The van der Waals surface area contributed by atoms with E-state index in [-0.39, 0.29) is 17.5 Å². The molecule has 1 saturated heterocycles. The number of oxazole rings is 1.